The van der Waals surface area contributed by atoms with Crippen LogP contribution in [0.15, 0.2) is 35.5 Å². The Morgan fingerprint density at radius 1 is 1.42 bits per heavy atom. The fourth-order valence-corrected chi connectivity index (χ4v) is 4.35. The van der Waals surface area contributed by atoms with Gasteiger partial charge in [-0.2, -0.15) is 5.10 Å². The van der Waals surface area contributed by atoms with E-state index in [1.54, 1.807) is 37.1 Å². The van der Waals surface area contributed by atoms with Gasteiger partial charge in [0.25, 0.3) is 0 Å². The maximum absolute atomic E-state index is 14.1. The van der Waals surface area contributed by atoms with E-state index >= 15 is 0 Å². The Kier molecular flexibility index (Phi) is 4.46. The molecule has 2 aromatic rings. The van der Waals surface area contributed by atoms with Crippen LogP contribution in [0.2, 0.25) is 0 Å². The number of hydrogen-bond donors (Lipinski definition) is 2. The first-order chi connectivity index (χ1) is 11.3. The number of rotatable bonds is 5. The van der Waals surface area contributed by atoms with E-state index in [1.807, 2.05) is 0 Å². The summed E-state index contributed by atoms with van der Waals surface area (Å²) in [7, 11) is -2.29. The minimum absolute atomic E-state index is 0.0486. The Labute approximate surface area is 140 Å². The topological polar surface area (TPSA) is 84.2 Å². The number of aliphatic hydroxyl groups is 1. The van der Waals surface area contributed by atoms with Gasteiger partial charge in [-0.05, 0) is 43.4 Å². The minimum Gasteiger partial charge on any atom is -0.393 e. The molecule has 0 bridgehead atoms. The average Bonchev–Trinajstić information content (AvgIpc) is 2.88. The lowest BCUT2D eigenvalue weighted by Gasteiger charge is -2.37. The van der Waals surface area contributed by atoms with Crippen LogP contribution in [0.3, 0.4) is 0 Å². The number of hydrogen-bond acceptors (Lipinski definition) is 4. The van der Waals surface area contributed by atoms with Crippen molar-refractivity contribution >= 4 is 10.0 Å². The predicted molar refractivity (Wildman–Crippen MR) is 86.1 cm³/mol. The van der Waals surface area contributed by atoms with Gasteiger partial charge in [-0.1, -0.05) is 6.07 Å². The molecular formula is C16H20FN3O3S. The Hall–Kier alpha value is -1.77. The van der Waals surface area contributed by atoms with Crippen LogP contribution in [0.1, 0.15) is 30.0 Å². The zero-order valence-corrected chi connectivity index (χ0v) is 14.3. The van der Waals surface area contributed by atoms with Gasteiger partial charge in [0, 0.05) is 18.8 Å². The molecule has 1 fully saturated rings. The molecule has 0 unspecified atom stereocenters. The zero-order valence-electron chi connectivity index (χ0n) is 13.5. The summed E-state index contributed by atoms with van der Waals surface area (Å²) in [6.07, 6.45) is 3.89. The number of halogens is 1. The third-order valence-corrected chi connectivity index (χ3v) is 5.84. The number of aryl methyl sites for hydroxylation is 2. The fraction of sp³-hybridized carbons (Fsp3) is 0.438. The summed E-state index contributed by atoms with van der Waals surface area (Å²) in [6.45, 7) is 1.70. The van der Waals surface area contributed by atoms with Gasteiger partial charge in [0.05, 0.1) is 18.3 Å². The van der Waals surface area contributed by atoms with E-state index in [9.17, 15) is 17.9 Å². The summed E-state index contributed by atoms with van der Waals surface area (Å²) in [5, 5.41) is 13.6. The van der Waals surface area contributed by atoms with Gasteiger partial charge in [-0.25, -0.2) is 17.5 Å². The lowest BCUT2D eigenvalue weighted by molar-refractivity contribution is 0.0280. The Morgan fingerprint density at radius 2 is 2.12 bits per heavy atom. The molecule has 0 saturated heterocycles. The van der Waals surface area contributed by atoms with Crippen molar-refractivity contribution in [2.24, 2.45) is 13.0 Å². The molecule has 1 aliphatic rings. The highest BCUT2D eigenvalue weighted by Gasteiger charge is 2.38. The van der Waals surface area contributed by atoms with Crippen molar-refractivity contribution in [3.8, 4) is 0 Å². The summed E-state index contributed by atoms with van der Waals surface area (Å²) in [5.41, 5.74) is 1.35. The van der Waals surface area contributed by atoms with Crippen LogP contribution < -0.4 is 4.72 Å². The first-order valence-corrected chi connectivity index (χ1v) is 9.19. The first-order valence-electron chi connectivity index (χ1n) is 7.71. The number of aliphatic hydroxyl groups excluding tert-OH is 1. The SMILES string of the molecule is Cc1ccc(S(=O)(=O)N[C@@H](c2cnn(C)c2)C2CC(O)C2)c(F)c1. The van der Waals surface area contributed by atoms with Gasteiger partial charge >= 0.3 is 0 Å². The molecule has 0 aliphatic heterocycles. The van der Waals surface area contributed by atoms with Crippen molar-refractivity contribution in [3.63, 3.8) is 0 Å². The highest BCUT2D eigenvalue weighted by Crippen LogP contribution is 2.38. The standard InChI is InChI=1S/C16H20FN3O3S/c1-10-3-4-15(14(17)5-10)24(22,23)19-16(11-6-13(21)7-11)12-8-18-20(2)9-12/h3-5,8-9,11,13,16,19,21H,6-7H2,1-2H3/t11?,13?,16-/m1/s1. The van der Waals surface area contributed by atoms with E-state index in [2.05, 4.69) is 9.82 Å². The van der Waals surface area contributed by atoms with Crippen LogP contribution in [0.5, 0.6) is 0 Å². The number of aromatic nitrogens is 2. The van der Waals surface area contributed by atoms with E-state index in [1.165, 1.54) is 12.1 Å². The molecule has 2 N–H and O–H groups in total. The predicted octanol–water partition coefficient (Wildman–Crippen LogP) is 1.66. The average molecular weight is 353 g/mol. The maximum Gasteiger partial charge on any atom is 0.244 e. The van der Waals surface area contributed by atoms with Crippen LogP contribution in [0.25, 0.3) is 0 Å². The van der Waals surface area contributed by atoms with Crippen LogP contribution >= 0.6 is 0 Å². The fourth-order valence-electron chi connectivity index (χ4n) is 2.99. The lowest BCUT2D eigenvalue weighted by Crippen LogP contribution is -2.41. The van der Waals surface area contributed by atoms with Gasteiger partial charge < -0.3 is 5.11 Å². The Bertz CT molecular complexity index is 844. The van der Waals surface area contributed by atoms with Crippen LogP contribution in [0.4, 0.5) is 4.39 Å². The summed E-state index contributed by atoms with van der Waals surface area (Å²) in [6, 6.07) is 3.47. The van der Waals surface area contributed by atoms with Crippen molar-refractivity contribution in [1.29, 1.82) is 0 Å². The van der Waals surface area contributed by atoms with Crippen molar-refractivity contribution in [1.82, 2.24) is 14.5 Å². The zero-order chi connectivity index (χ0) is 17.5. The number of benzene rings is 1. The molecule has 1 aromatic heterocycles. The molecule has 24 heavy (non-hydrogen) atoms. The molecule has 0 amide bonds. The van der Waals surface area contributed by atoms with Gasteiger partial charge in [0.15, 0.2) is 0 Å². The third-order valence-electron chi connectivity index (χ3n) is 4.36. The molecule has 130 valence electrons. The van der Waals surface area contributed by atoms with E-state index in [-0.39, 0.29) is 10.8 Å². The molecule has 1 saturated carbocycles. The van der Waals surface area contributed by atoms with Crippen LogP contribution in [0, 0.1) is 18.7 Å². The maximum atomic E-state index is 14.1. The molecule has 3 rings (SSSR count). The van der Waals surface area contributed by atoms with Gasteiger partial charge in [-0.3, -0.25) is 4.68 Å². The number of nitrogens with zero attached hydrogens (tertiary/aromatic N) is 2. The summed E-state index contributed by atoms with van der Waals surface area (Å²) >= 11 is 0. The second-order valence-electron chi connectivity index (χ2n) is 6.37. The highest BCUT2D eigenvalue weighted by molar-refractivity contribution is 7.89. The Balaban J connectivity index is 1.91. The largest absolute Gasteiger partial charge is 0.393 e. The molecule has 1 heterocycles. The molecule has 1 aliphatic carbocycles. The first kappa shape index (κ1) is 17.1. The molecule has 6 nitrogen and oxygen atoms in total. The van der Waals surface area contributed by atoms with Gasteiger partial charge in [0.2, 0.25) is 10.0 Å². The molecule has 1 atom stereocenters. The second-order valence-corrected chi connectivity index (χ2v) is 8.05. The number of sulfonamides is 1. The molecule has 8 heteroatoms. The van der Waals surface area contributed by atoms with Gasteiger partial charge in [-0.15, -0.1) is 0 Å². The van der Waals surface area contributed by atoms with Crippen molar-refractivity contribution in [2.75, 3.05) is 0 Å². The molecular weight excluding hydrogens is 333 g/mol. The van der Waals surface area contributed by atoms with Crippen LogP contribution in [-0.2, 0) is 17.1 Å². The van der Waals surface area contributed by atoms with Crippen molar-refractivity contribution < 1.29 is 17.9 Å². The van der Waals surface area contributed by atoms with Crippen molar-refractivity contribution in [3.05, 3.63) is 47.5 Å². The summed E-state index contributed by atoms with van der Waals surface area (Å²) in [4.78, 5) is -0.373. The second kappa shape index (κ2) is 6.27. The molecule has 0 radical (unpaired) electrons. The van der Waals surface area contributed by atoms with Crippen molar-refractivity contribution in [2.45, 2.75) is 36.8 Å². The quantitative estimate of drug-likeness (QED) is 0.856. The minimum atomic E-state index is -4.03. The molecule has 1 aromatic carbocycles. The monoisotopic (exact) mass is 353 g/mol. The smallest absolute Gasteiger partial charge is 0.244 e. The molecule has 0 spiro atoms. The summed E-state index contributed by atoms with van der Waals surface area (Å²) < 4.78 is 43.5. The van der Waals surface area contributed by atoms with E-state index in [0.717, 1.165) is 0 Å². The Morgan fingerprint density at radius 3 is 2.67 bits per heavy atom. The summed E-state index contributed by atoms with van der Waals surface area (Å²) in [5.74, 6) is -0.825. The van der Waals surface area contributed by atoms with E-state index < -0.39 is 28.0 Å². The van der Waals surface area contributed by atoms with E-state index in [4.69, 9.17) is 0 Å². The normalized spacial score (nSPS) is 22.2. The highest BCUT2D eigenvalue weighted by atomic mass is 32.2. The third kappa shape index (κ3) is 3.35. The van der Waals surface area contributed by atoms with Crippen LogP contribution in [-0.4, -0.2) is 29.4 Å². The van der Waals surface area contributed by atoms with Gasteiger partial charge in [0.1, 0.15) is 10.7 Å². The van der Waals surface area contributed by atoms with E-state index in [0.29, 0.717) is 24.0 Å². The number of nitrogens with one attached hydrogen (secondary N) is 1. The lowest BCUT2D eigenvalue weighted by atomic mass is 9.76.